The molecule has 0 atom stereocenters. The third-order valence-corrected chi connectivity index (χ3v) is 2.32. The number of halogens is 9. The van der Waals surface area contributed by atoms with Crippen molar-refractivity contribution in [3.63, 3.8) is 0 Å². The van der Waals surface area contributed by atoms with E-state index < -0.39 is 46.5 Å². The molecule has 0 saturated carbocycles. The van der Waals surface area contributed by atoms with Crippen molar-refractivity contribution in [3.05, 3.63) is 0 Å². The van der Waals surface area contributed by atoms with Gasteiger partial charge in [0, 0.05) is 6.61 Å². The fourth-order valence-corrected chi connectivity index (χ4v) is 0.866. The molecule has 0 aliphatic carbocycles. The molecule has 17 heteroatoms. The summed E-state index contributed by atoms with van der Waals surface area (Å²) in [5.41, 5.74) is -5.30. The highest BCUT2D eigenvalue weighted by Crippen LogP contribution is 2.24. The van der Waals surface area contributed by atoms with Gasteiger partial charge in [-0.2, -0.15) is 47.9 Å². The van der Waals surface area contributed by atoms with Crippen molar-refractivity contribution < 1.29 is 71.5 Å². The van der Waals surface area contributed by atoms with Crippen molar-refractivity contribution in [2.45, 2.75) is 31.7 Å². The van der Waals surface area contributed by atoms with E-state index in [0.29, 0.717) is 0 Å². The summed E-state index contributed by atoms with van der Waals surface area (Å²) in [6.07, 6.45) is -11.2. The highest BCUT2D eigenvalue weighted by atomic mass is 32.2. The van der Waals surface area contributed by atoms with Gasteiger partial charge in [0.05, 0.1) is 6.61 Å². The molecule has 0 saturated heterocycles. The van der Waals surface area contributed by atoms with E-state index >= 15 is 0 Å². The number of esters is 2. The van der Waals surface area contributed by atoms with Crippen LogP contribution in [0.5, 0.6) is 0 Å². The van der Waals surface area contributed by atoms with Crippen LogP contribution in [-0.2, 0) is 28.6 Å². The van der Waals surface area contributed by atoms with Gasteiger partial charge < -0.3 is 9.84 Å². The van der Waals surface area contributed by atoms with E-state index in [2.05, 4.69) is 8.92 Å². The van der Waals surface area contributed by atoms with Crippen molar-refractivity contribution in [1.29, 1.82) is 0 Å². The number of aliphatic hydroxyl groups is 1. The van der Waals surface area contributed by atoms with Gasteiger partial charge in [-0.1, -0.05) is 0 Å². The van der Waals surface area contributed by atoms with Crippen molar-refractivity contribution >= 4 is 22.1 Å². The zero-order valence-corrected chi connectivity index (χ0v) is 13.4. The predicted octanol–water partition coefficient (Wildman–Crippen LogP) is 2.05. The normalized spacial score (nSPS) is 12.2. The number of carbonyl (C=O) groups excluding carboxylic acids is 2. The Morgan fingerprint density at radius 2 is 1.12 bits per heavy atom. The summed E-state index contributed by atoms with van der Waals surface area (Å²) >= 11 is 0. The maximum absolute atomic E-state index is 11.3. The average Bonchev–Trinajstić information content (AvgIpc) is 2.36. The first-order chi connectivity index (χ1) is 11.3. The minimum absolute atomic E-state index is 0.250. The summed E-state index contributed by atoms with van der Waals surface area (Å²) in [5, 5.41) is 7.57. The molecule has 0 aromatic heterocycles. The average molecular weight is 434 g/mol. The molecule has 0 aliphatic rings. The van der Waals surface area contributed by atoms with E-state index in [1.807, 2.05) is 0 Å². The third-order valence-electron chi connectivity index (χ3n) is 1.20. The van der Waals surface area contributed by atoms with E-state index in [4.69, 9.17) is 5.11 Å². The van der Waals surface area contributed by atoms with Crippen molar-refractivity contribution in [3.8, 4) is 0 Å². The standard InChI is InChI=1S/C4F6O3.C3H5F3O3S.C2H6O/c5-3(6,7)1(11)13-2(12)4(8,9)10;1-2-9-10(7,8)3(4,5)6;1-2-3/h;2H2,1H3;3H,2H2,1H3. The third kappa shape index (κ3) is 13.6. The van der Waals surface area contributed by atoms with E-state index in [9.17, 15) is 57.5 Å². The number of ether oxygens (including phenoxy) is 1. The number of carbonyl (C=O) groups is 2. The van der Waals surface area contributed by atoms with Gasteiger partial charge in [-0.3, -0.25) is 4.18 Å². The largest absolute Gasteiger partial charge is 0.523 e. The molecule has 0 radical (unpaired) electrons. The molecule has 7 nitrogen and oxygen atoms in total. The molecular weight excluding hydrogens is 423 g/mol. The number of hydrogen-bond donors (Lipinski definition) is 1. The second kappa shape index (κ2) is 11.2. The highest BCUT2D eigenvalue weighted by molar-refractivity contribution is 7.87. The van der Waals surface area contributed by atoms with Gasteiger partial charge in [0.25, 0.3) is 0 Å². The lowest BCUT2D eigenvalue weighted by Crippen LogP contribution is -2.34. The van der Waals surface area contributed by atoms with E-state index in [0.717, 1.165) is 6.92 Å². The second-order valence-corrected chi connectivity index (χ2v) is 4.90. The Kier molecular flexibility index (Phi) is 12.5. The topological polar surface area (TPSA) is 107 Å². The molecule has 0 bridgehead atoms. The van der Waals surface area contributed by atoms with E-state index in [-0.39, 0.29) is 6.61 Å². The number of hydrogen-bond acceptors (Lipinski definition) is 7. The van der Waals surface area contributed by atoms with Crippen molar-refractivity contribution in [2.24, 2.45) is 0 Å². The van der Waals surface area contributed by atoms with Gasteiger partial charge in [0.2, 0.25) is 0 Å². The Hall–Kier alpha value is -1.62. The Bertz CT molecular complexity index is 509. The van der Waals surface area contributed by atoms with Crippen LogP contribution in [0.25, 0.3) is 0 Å². The van der Waals surface area contributed by atoms with Crippen LogP contribution >= 0.6 is 0 Å². The summed E-state index contributed by atoms with van der Waals surface area (Å²) in [5.74, 6) is -6.40. The first-order valence-electron chi connectivity index (χ1n) is 5.74. The maximum atomic E-state index is 11.3. The van der Waals surface area contributed by atoms with E-state index in [1.54, 1.807) is 6.92 Å². The zero-order chi connectivity index (χ0) is 22.0. The fourth-order valence-electron chi connectivity index (χ4n) is 0.422. The molecule has 0 unspecified atom stereocenters. The van der Waals surface area contributed by atoms with Gasteiger partial charge in [-0.05, 0) is 13.8 Å². The van der Waals surface area contributed by atoms with Crippen LogP contribution in [0.1, 0.15) is 13.8 Å². The van der Waals surface area contributed by atoms with Crippen molar-refractivity contribution in [2.75, 3.05) is 13.2 Å². The Morgan fingerprint density at radius 3 is 1.23 bits per heavy atom. The lowest BCUT2D eigenvalue weighted by molar-refractivity contribution is -0.221. The summed E-state index contributed by atoms with van der Waals surface area (Å²) in [4.78, 5) is 19.3. The molecule has 0 rings (SSSR count). The minimum Gasteiger partial charge on any atom is -0.397 e. The minimum atomic E-state index is -5.62. The molecule has 0 amide bonds. The number of aliphatic hydroxyl groups excluding tert-OH is 1. The van der Waals surface area contributed by atoms with Crippen molar-refractivity contribution in [1.82, 2.24) is 0 Å². The predicted molar refractivity (Wildman–Crippen MR) is 62.6 cm³/mol. The van der Waals surface area contributed by atoms with Gasteiger partial charge in [-0.15, -0.1) is 0 Å². The Labute approximate surface area is 139 Å². The van der Waals surface area contributed by atoms with Crippen LogP contribution in [0.3, 0.4) is 0 Å². The van der Waals surface area contributed by atoms with Gasteiger partial charge in [0.15, 0.2) is 0 Å². The number of rotatable bonds is 2. The SMILES string of the molecule is CCO.CCOS(=O)(=O)C(F)(F)F.O=C(OC(=O)C(F)(F)F)C(F)(F)F. The smallest absolute Gasteiger partial charge is 0.397 e. The fraction of sp³-hybridized carbons (Fsp3) is 0.778. The molecule has 0 aliphatic heterocycles. The lowest BCUT2D eigenvalue weighted by Gasteiger charge is -2.06. The first-order valence-corrected chi connectivity index (χ1v) is 7.15. The quantitative estimate of drug-likeness (QED) is 0.233. The summed E-state index contributed by atoms with van der Waals surface area (Å²) in [6.45, 7) is 2.57. The Morgan fingerprint density at radius 1 is 0.846 bits per heavy atom. The molecule has 0 aromatic rings. The highest BCUT2D eigenvalue weighted by Gasteiger charge is 2.49. The van der Waals surface area contributed by atoms with Crippen LogP contribution in [0.2, 0.25) is 0 Å². The van der Waals surface area contributed by atoms with Crippen LogP contribution < -0.4 is 0 Å². The van der Waals surface area contributed by atoms with Crippen LogP contribution in [-0.4, -0.2) is 56.5 Å². The maximum Gasteiger partial charge on any atom is 0.523 e. The molecule has 158 valence electrons. The second-order valence-electron chi connectivity index (χ2n) is 3.30. The zero-order valence-electron chi connectivity index (χ0n) is 12.6. The molecule has 26 heavy (non-hydrogen) atoms. The molecule has 1 N–H and O–H groups in total. The molecule has 0 fully saturated rings. The molecule has 0 aromatic carbocycles. The summed E-state index contributed by atoms with van der Waals surface area (Å²) in [7, 11) is -5.35. The van der Waals surface area contributed by atoms with Crippen LogP contribution in [0.15, 0.2) is 0 Å². The summed E-state index contributed by atoms with van der Waals surface area (Å²) < 4.78 is 127. The Balaban J connectivity index is -0.000000362. The van der Waals surface area contributed by atoms with Gasteiger partial charge in [-0.25, -0.2) is 9.59 Å². The summed E-state index contributed by atoms with van der Waals surface area (Å²) in [6, 6.07) is 0. The first kappa shape index (κ1) is 29.2. The number of alkyl halides is 9. The van der Waals surface area contributed by atoms with Crippen LogP contribution in [0, 0.1) is 0 Å². The molecule has 0 heterocycles. The van der Waals surface area contributed by atoms with Crippen LogP contribution in [0.4, 0.5) is 39.5 Å². The van der Waals surface area contributed by atoms with Gasteiger partial charge in [0.1, 0.15) is 0 Å². The lowest BCUT2D eigenvalue weighted by atomic mass is 10.6. The van der Waals surface area contributed by atoms with Gasteiger partial charge >= 0.3 is 39.9 Å². The van der Waals surface area contributed by atoms with E-state index in [1.165, 1.54) is 0 Å². The molecular formula is C9H11F9O7S. The molecule has 0 spiro atoms. The monoisotopic (exact) mass is 434 g/mol.